The van der Waals surface area contributed by atoms with E-state index < -0.39 is 12.5 Å². The summed E-state index contributed by atoms with van der Waals surface area (Å²) in [5.41, 5.74) is 1.35. The van der Waals surface area contributed by atoms with E-state index in [0.717, 1.165) is 20.2 Å². The Hall–Kier alpha value is -2.23. The first kappa shape index (κ1) is 19.1. The van der Waals surface area contributed by atoms with E-state index >= 15 is 0 Å². The predicted molar refractivity (Wildman–Crippen MR) is 111 cm³/mol. The normalized spacial score (nSPS) is 15.8. The maximum atomic E-state index is 14.0. The molecule has 0 bridgehead atoms. The van der Waals surface area contributed by atoms with Crippen LogP contribution in [-0.4, -0.2) is 23.7 Å². The SMILES string of the molecule is COc1cc2nc(C)nc(NC(C)c3cccc4c3OCC4(F)F)c2cc1I. The van der Waals surface area contributed by atoms with Gasteiger partial charge < -0.3 is 14.8 Å². The van der Waals surface area contributed by atoms with Crippen molar-refractivity contribution in [2.45, 2.75) is 25.8 Å². The lowest BCUT2D eigenvalue weighted by atomic mass is 10.0. The lowest BCUT2D eigenvalue weighted by Crippen LogP contribution is -2.14. The molecule has 0 fully saturated rings. The summed E-state index contributed by atoms with van der Waals surface area (Å²) in [7, 11) is 1.62. The Balaban J connectivity index is 1.75. The summed E-state index contributed by atoms with van der Waals surface area (Å²) >= 11 is 2.20. The van der Waals surface area contributed by atoms with Crippen LogP contribution in [0.2, 0.25) is 0 Å². The highest BCUT2D eigenvalue weighted by molar-refractivity contribution is 14.1. The number of benzene rings is 2. The first-order valence-corrected chi connectivity index (χ1v) is 9.80. The Morgan fingerprint density at radius 2 is 2.07 bits per heavy atom. The number of fused-ring (bicyclic) bond motifs is 2. The smallest absolute Gasteiger partial charge is 0.310 e. The van der Waals surface area contributed by atoms with Gasteiger partial charge in [-0.2, -0.15) is 8.78 Å². The highest BCUT2D eigenvalue weighted by Crippen LogP contribution is 2.45. The van der Waals surface area contributed by atoms with Crippen LogP contribution < -0.4 is 14.8 Å². The van der Waals surface area contributed by atoms with E-state index in [4.69, 9.17) is 9.47 Å². The van der Waals surface area contributed by atoms with Gasteiger partial charge in [0.2, 0.25) is 0 Å². The molecule has 28 heavy (non-hydrogen) atoms. The summed E-state index contributed by atoms with van der Waals surface area (Å²) in [4.78, 5) is 9.01. The molecule has 0 saturated carbocycles. The molecule has 0 amide bonds. The number of para-hydroxylation sites is 1. The molecule has 5 nitrogen and oxygen atoms in total. The van der Waals surface area contributed by atoms with E-state index in [-0.39, 0.29) is 17.4 Å². The molecule has 0 radical (unpaired) electrons. The third kappa shape index (κ3) is 3.23. The lowest BCUT2D eigenvalue weighted by molar-refractivity contribution is -0.0214. The number of aryl methyl sites for hydroxylation is 1. The predicted octanol–water partition coefficient (Wildman–Crippen LogP) is 5.21. The minimum absolute atomic E-state index is 0.0679. The molecular weight excluding hydrogens is 479 g/mol. The molecule has 0 spiro atoms. The molecule has 1 atom stereocenters. The quantitative estimate of drug-likeness (QED) is 0.502. The second-order valence-electron chi connectivity index (χ2n) is 6.71. The number of nitrogens with one attached hydrogen (secondary N) is 1. The summed E-state index contributed by atoms with van der Waals surface area (Å²) in [6.45, 7) is 3.08. The van der Waals surface area contributed by atoms with E-state index in [1.165, 1.54) is 6.07 Å². The number of hydrogen-bond donors (Lipinski definition) is 1. The molecule has 2 aromatic carbocycles. The number of ether oxygens (including phenoxy) is 2. The van der Waals surface area contributed by atoms with Crippen molar-refractivity contribution in [2.24, 2.45) is 0 Å². The Morgan fingerprint density at radius 1 is 1.29 bits per heavy atom. The number of anilines is 1. The molecule has 1 unspecified atom stereocenters. The van der Waals surface area contributed by atoms with Crippen molar-refractivity contribution in [2.75, 3.05) is 19.0 Å². The van der Waals surface area contributed by atoms with Gasteiger partial charge >= 0.3 is 5.92 Å². The van der Waals surface area contributed by atoms with E-state index in [0.29, 0.717) is 17.2 Å². The van der Waals surface area contributed by atoms with Crippen LogP contribution in [0, 0.1) is 10.5 Å². The fourth-order valence-electron chi connectivity index (χ4n) is 3.38. The molecule has 1 aliphatic heterocycles. The number of aromatic nitrogens is 2. The van der Waals surface area contributed by atoms with Crippen molar-refractivity contribution < 1.29 is 18.3 Å². The van der Waals surface area contributed by atoms with Crippen molar-refractivity contribution in [3.05, 3.63) is 50.9 Å². The zero-order valence-electron chi connectivity index (χ0n) is 15.5. The Labute approximate surface area is 174 Å². The summed E-state index contributed by atoms with van der Waals surface area (Å²) in [5.74, 6) is -0.736. The van der Waals surface area contributed by atoms with Gasteiger partial charge in [-0.1, -0.05) is 12.1 Å². The molecule has 1 aromatic heterocycles. The van der Waals surface area contributed by atoms with E-state index in [1.54, 1.807) is 19.2 Å². The summed E-state index contributed by atoms with van der Waals surface area (Å²) in [5, 5.41) is 4.18. The van der Waals surface area contributed by atoms with Crippen molar-refractivity contribution in [3.63, 3.8) is 0 Å². The van der Waals surface area contributed by atoms with Crippen molar-refractivity contribution >= 4 is 39.3 Å². The number of rotatable bonds is 4. The Kier molecular flexibility index (Phi) is 4.76. The molecule has 1 N–H and O–H groups in total. The molecule has 0 saturated heterocycles. The summed E-state index contributed by atoms with van der Waals surface area (Å²) in [6.07, 6.45) is 0. The van der Waals surface area contributed by atoms with Crippen LogP contribution in [0.3, 0.4) is 0 Å². The highest BCUT2D eigenvalue weighted by Gasteiger charge is 2.42. The van der Waals surface area contributed by atoms with Gasteiger partial charge in [0.25, 0.3) is 0 Å². The van der Waals surface area contributed by atoms with Crippen LogP contribution in [0.25, 0.3) is 10.9 Å². The van der Waals surface area contributed by atoms with Crippen LogP contribution >= 0.6 is 22.6 Å². The Morgan fingerprint density at radius 3 is 2.82 bits per heavy atom. The van der Waals surface area contributed by atoms with Gasteiger partial charge in [-0.3, -0.25) is 0 Å². The van der Waals surface area contributed by atoms with Crippen LogP contribution in [-0.2, 0) is 5.92 Å². The third-order valence-electron chi connectivity index (χ3n) is 4.74. The average Bonchev–Trinajstić information content (AvgIpc) is 2.97. The minimum atomic E-state index is -2.96. The first-order valence-electron chi connectivity index (χ1n) is 8.72. The monoisotopic (exact) mass is 497 g/mol. The maximum Gasteiger partial charge on any atom is 0.310 e. The maximum absolute atomic E-state index is 14.0. The van der Waals surface area contributed by atoms with Gasteiger partial charge in [-0.25, -0.2) is 9.97 Å². The number of alkyl halides is 2. The molecule has 146 valence electrons. The van der Waals surface area contributed by atoms with Gasteiger partial charge in [0.15, 0.2) is 6.61 Å². The summed E-state index contributed by atoms with van der Waals surface area (Å²) in [6, 6.07) is 8.36. The fourth-order valence-corrected chi connectivity index (χ4v) is 4.07. The highest BCUT2D eigenvalue weighted by atomic mass is 127. The number of nitrogens with zero attached hydrogens (tertiary/aromatic N) is 2. The van der Waals surface area contributed by atoms with E-state index in [9.17, 15) is 8.78 Å². The van der Waals surface area contributed by atoms with Crippen molar-refractivity contribution in [3.8, 4) is 11.5 Å². The molecule has 4 rings (SSSR count). The first-order chi connectivity index (χ1) is 13.3. The van der Waals surface area contributed by atoms with E-state index in [1.807, 2.05) is 26.0 Å². The van der Waals surface area contributed by atoms with Gasteiger partial charge in [0.1, 0.15) is 23.1 Å². The van der Waals surface area contributed by atoms with Gasteiger partial charge in [0, 0.05) is 17.0 Å². The fraction of sp³-hybridized carbons (Fsp3) is 0.300. The molecule has 2 heterocycles. The second-order valence-corrected chi connectivity index (χ2v) is 7.87. The molecule has 8 heteroatoms. The van der Waals surface area contributed by atoms with Crippen LogP contribution in [0.5, 0.6) is 11.5 Å². The molecular formula is C20H18F2IN3O2. The summed E-state index contributed by atoms with van der Waals surface area (Å²) < 4.78 is 39.6. The molecule has 1 aliphatic rings. The standard InChI is InChI=1S/C20H18F2IN3O2/c1-10(12-5-4-6-14-18(12)28-9-20(14,21)22)24-19-13-7-15(23)17(27-3)8-16(13)25-11(2)26-19/h4-8,10H,9H2,1-3H3,(H,24,25,26). The number of halogens is 3. The molecule has 3 aromatic rings. The van der Waals surface area contributed by atoms with Crippen molar-refractivity contribution in [1.29, 1.82) is 0 Å². The zero-order valence-corrected chi connectivity index (χ0v) is 17.7. The van der Waals surface area contributed by atoms with Gasteiger partial charge in [-0.15, -0.1) is 0 Å². The average molecular weight is 497 g/mol. The van der Waals surface area contributed by atoms with Crippen LogP contribution in [0.1, 0.15) is 29.9 Å². The third-order valence-corrected chi connectivity index (χ3v) is 5.58. The number of methoxy groups -OCH3 is 1. The molecule has 0 aliphatic carbocycles. The zero-order chi connectivity index (χ0) is 20.1. The van der Waals surface area contributed by atoms with Gasteiger partial charge in [-0.05, 0) is 48.6 Å². The lowest BCUT2D eigenvalue weighted by Gasteiger charge is -2.19. The van der Waals surface area contributed by atoms with E-state index in [2.05, 4.69) is 37.9 Å². The number of hydrogen-bond acceptors (Lipinski definition) is 5. The largest absolute Gasteiger partial charge is 0.496 e. The topological polar surface area (TPSA) is 56.3 Å². The second kappa shape index (κ2) is 6.98. The van der Waals surface area contributed by atoms with Crippen LogP contribution in [0.4, 0.5) is 14.6 Å². The van der Waals surface area contributed by atoms with Crippen molar-refractivity contribution in [1.82, 2.24) is 9.97 Å². The minimum Gasteiger partial charge on any atom is -0.496 e. The van der Waals surface area contributed by atoms with Crippen LogP contribution in [0.15, 0.2) is 30.3 Å². The Bertz CT molecular complexity index is 1070. The van der Waals surface area contributed by atoms with Gasteiger partial charge in [0.05, 0.1) is 27.8 Å².